The number of amides is 1. The molecule has 0 aliphatic rings. The average Bonchev–Trinajstić information content (AvgIpc) is 2.27. The second-order valence-corrected chi connectivity index (χ2v) is 3.94. The zero-order valence-corrected chi connectivity index (χ0v) is 10.3. The van der Waals surface area contributed by atoms with Crippen LogP contribution in [-0.4, -0.2) is 28.0 Å². The van der Waals surface area contributed by atoms with Gasteiger partial charge in [-0.05, 0) is 25.5 Å². The number of nitrogens with one attached hydrogen (secondary N) is 1. The third kappa shape index (κ3) is 3.71. The van der Waals surface area contributed by atoms with E-state index in [1.54, 1.807) is 6.07 Å². The maximum Gasteiger partial charge on any atom is 0.325 e. The maximum atomic E-state index is 11.7. The van der Waals surface area contributed by atoms with Gasteiger partial charge in [-0.25, -0.2) is 4.98 Å². The Kier molecular flexibility index (Phi) is 4.45. The van der Waals surface area contributed by atoms with Crippen molar-refractivity contribution in [2.45, 2.75) is 26.3 Å². The molecule has 1 heterocycles. The van der Waals surface area contributed by atoms with Crippen LogP contribution in [0.4, 0.5) is 0 Å². The lowest BCUT2D eigenvalue weighted by Gasteiger charge is -2.10. The van der Waals surface area contributed by atoms with E-state index in [1.807, 2.05) is 6.92 Å². The van der Waals surface area contributed by atoms with Gasteiger partial charge in [-0.1, -0.05) is 18.5 Å². The number of pyridine rings is 1. The molecule has 0 bridgehead atoms. The van der Waals surface area contributed by atoms with Gasteiger partial charge in [0.2, 0.25) is 0 Å². The molecule has 5 nitrogen and oxygen atoms in total. The van der Waals surface area contributed by atoms with Gasteiger partial charge in [-0.2, -0.15) is 0 Å². The number of rotatable bonds is 4. The number of carboxylic acids is 1. The summed E-state index contributed by atoms with van der Waals surface area (Å²) in [6.07, 6.45) is 0.648. The highest BCUT2D eigenvalue weighted by Crippen LogP contribution is 2.11. The van der Waals surface area contributed by atoms with Crippen LogP contribution in [0.5, 0.6) is 0 Å². The number of nitrogens with zero attached hydrogens (tertiary/aromatic N) is 1. The summed E-state index contributed by atoms with van der Waals surface area (Å²) in [7, 11) is 0. The molecule has 0 unspecified atom stereocenters. The Morgan fingerprint density at radius 1 is 1.53 bits per heavy atom. The van der Waals surface area contributed by atoms with Gasteiger partial charge in [-0.15, -0.1) is 0 Å². The molecule has 1 atom stereocenters. The molecule has 0 saturated carbocycles. The van der Waals surface area contributed by atoms with Crippen molar-refractivity contribution in [3.63, 3.8) is 0 Å². The molecular formula is C11H13ClN2O3. The molecule has 0 radical (unpaired) electrons. The summed E-state index contributed by atoms with van der Waals surface area (Å²) in [5.41, 5.74) is 1.00. The molecular weight excluding hydrogens is 244 g/mol. The van der Waals surface area contributed by atoms with Gasteiger partial charge in [0.25, 0.3) is 5.91 Å². The first-order chi connectivity index (χ1) is 7.93. The minimum atomic E-state index is -1.09. The van der Waals surface area contributed by atoms with Crippen LogP contribution in [-0.2, 0) is 11.2 Å². The van der Waals surface area contributed by atoms with Gasteiger partial charge in [0.15, 0.2) is 0 Å². The minimum Gasteiger partial charge on any atom is -0.480 e. The van der Waals surface area contributed by atoms with Gasteiger partial charge < -0.3 is 10.4 Å². The Morgan fingerprint density at radius 2 is 2.18 bits per heavy atom. The third-order valence-corrected chi connectivity index (χ3v) is 2.38. The average molecular weight is 257 g/mol. The first kappa shape index (κ1) is 13.4. The van der Waals surface area contributed by atoms with Crippen LogP contribution < -0.4 is 5.32 Å². The van der Waals surface area contributed by atoms with E-state index >= 15 is 0 Å². The van der Waals surface area contributed by atoms with Crippen molar-refractivity contribution in [3.05, 3.63) is 28.5 Å². The lowest BCUT2D eigenvalue weighted by atomic mass is 10.2. The second-order valence-electron chi connectivity index (χ2n) is 3.56. The van der Waals surface area contributed by atoms with Crippen LogP contribution in [0.15, 0.2) is 12.1 Å². The molecule has 0 aromatic carbocycles. The van der Waals surface area contributed by atoms with Crippen LogP contribution >= 0.6 is 11.6 Å². The molecule has 2 N–H and O–H groups in total. The number of aryl methyl sites for hydroxylation is 1. The van der Waals surface area contributed by atoms with E-state index in [0.29, 0.717) is 17.7 Å². The molecule has 1 rings (SSSR count). The van der Waals surface area contributed by atoms with Gasteiger partial charge in [0.1, 0.15) is 11.2 Å². The molecule has 17 heavy (non-hydrogen) atoms. The maximum absolute atomic E-state index is 11.7. The number of hydrogen-bond donors (Lipinski definition) is 2. The number of carbonyl (C=O) groups excluding carboxylic acids is 1. The molecule has 0 fully saturated rings. The summed E-state index contributed by atoms with van der Waals surface area (Å²) in [5.74, 6) is -1.56. The Labute approximate surface area is 104 Å². The molecule has 1 aromatic heterocycles. The highest BCUT2D eigenvalue weighted by Gasteiger charge is 2.16. The fourth-order valence-electron chi connectivity index (χ4n) is 1.21. The largest absolute Gasteiger partial charge is 0.480 e. The van der Waals surface area contributed by atoms with E-state index < -0.39 is 17.9 Å². The first-order valence-electron chi connectivity index (χ1n) is 5.14. The van der Waals surface area contributed by atoms with Crippen molar-refractivity contribution in [2.24, 2.45) is 0 Å². The molecule has 0 aliphatic carbocycles. The summed E-state index contributed by atoms with van der Waals surface area (Å²) in [4.78, 5) is 26.3. The fourth-order valence-corrected chi connectivity index (χ4v) is 1.43. The number of carbonyl (C=O) groups is 2. The van der Waals surface area contributed by atoms with E-state index in [4.69, 9.17) is 16.7 Å². The van der Waals surface area contributed by atoms with Gasteiger partial charge in [0.05, 0.1) is 0 Å². The number of aromatic nitrogens is 1. The minimum absolute atomic E-state index is 0.220. The molecule has 0 aliphatic heterocycles. The topological polar surface area (TPSA) is 79.3 Å². The quantitative estimate of drug-likeness (QED) is 0.800. The zero-order valence-electron chi connectivity index (χ0n) is 9.53. The summed E-state index contributed by atoms with van der Waals surface area (Å²) in [6, 6.07) is 2.06. The van der Waals surface area contributed by atoms with E-state index in [0.717, 1.165) is 0 Å². The predicted octanol–water partition coefficient (Wildman–Crippen LogP) is 1.50. The number of hydrogen-bond acceptors (Lipinski definition) is 3. The normalized spacial score (nSPS) is 11.9. The van der Waals surface area contributed by atoms with Crippen molar-refractivity contribution in [1.82, 2.24) is 10.3 Å². The van der Waals surface area contributed by atoms with Crippen molar-refractivity contribution in [3.8, 4) is 0 Å². The van der Waals surface area contributed by atoms with Crippen LogP contribution in [0.2, 0.25) is 5.15 Å². The Hall–Kier alpha value is -1.62. The number of aliphatic carboxylic acids is 1. The predicted molar refractivity (Wildman–Crippen MR) is 63.2 cm³/mol. The molecule has 0 saturated heterocycles. The lowest BCUT2D eigenvalue weighted by molar-refractivity contribution is -0.138. The van der Waals surface area contributed by atoms with Crippen molar-refractivity contribution >= 4 is 23.5 Å². The van der Waals surface area contributed by atoms with Crippen LogP contribution in [0, 0.1) is 0 Å². The van der Waals surface area contributed by atoms with Crippen LogP contribution in [0.3, 0.4) is 0 Å². The zero-order chi connectivity index (χ0) is 13.0. The highest BCUT2D eigenvalue weighted by molar-refractivity contribution is 6.29. The highest BCUT2D eigenvalue weighted by atomic mass is 35.5. The van der Waals surface area contributed by atoms with Crippen LogP contribution in [0.25, 0.3) is 0 Å². The number of carboxylic acid groups (broad SMARTS) is 1. The summed E-state index contributed by atoms with van der Waals surface area (Å²) >= 11 is 5.76. The Morgan fingerprint density at radius 3 is 2.71 bits per heavy atom. The molecule has 6 heteroatoms. The van der Waals surface area contributed by atoms with Gasteiger partial charge >= 0.3 is 5.97 Å². The molecule has 1 aromatic rings. The van der Waals surface area contributed by atoms with Gasteiger partial charge in [-0.3, -0.25) is 9.59 Å². The first-order valence-corrected chi connectivity index (χ1v) is 5.52. The molecule has 92 valence electrons. The van der Waals surface area contributed by atoms with E-state index in [2.05, 4.69) is 10.3 Å². The van der Waals surface area contributed by atoms with Crippen molar-refractivity contribution in [2.75, 3.05) is 0 Å². The van der Waals surface area contributed by atoms with E-state index in [9.17, 15) is 9.59 Å². The van der Waals surface area contributed by atoms with E-state index in [1.165, 1.54) is 13.0 Å². The second kappa shape index (κ2) is 5.63. The summed E-state index contributed by atoms with van der Waals surface area (Å²) in [5, 5.41) is 11.2. The smallest absolute Gasteiger partial charge is 0.325 e. The van der Waals surface area contributed by atoms with Crippen molar-refractivity contribution < 1.29 is 14.7 Å². The fraction of sp³-hybridized carbons (Fsp3) is 0.364. The summed E-state index contributed by atoms with van der Waals surface area (Å²) in [6.45, 7) is 3.28. The van der Waals surface area contributed by atoms with E-state index in [-0.39, 0.29) is 5.15 Å². The monoisotopic (exact) mass is 256 g/mol. The standard InChI is InChI=1S/C11H13ClN2O3/c1-3-8-4-7(5-9(12)14-8)10(15)13-6(2)11(16)17/h4-6H,3H2,1-2H3,(H,13,15)(H,16,17)/t6-/m1/s1. The third-order valence-electron chi connectivity index (χ3n) is 2.19. The molecule has 0 spiro atoms. The van der Waals surface area contributed by atoms with Crippen LogP contribution in [0.1, 0.15) is 29.9 Å². The van der Waals surface area contributed by atoms with Gasteiger partial charge in [0, 0.05) is 11.3 Å². The Balaban J connectivity index is 2.88. The van der Waals surface area contributed by atoms with Crippen molar-refractivity contribution in [1.29, 1.82) is 0 Å². The summed E-state index contributed by atoms with van der Waals surface area (Å²) < 4.78 is 0. The number of halogens is 1. The molecule has 1 amide bonds. The lowest BCUT2D eigenvalue weighted by Crippen LogP contribution is -2.38. The SMILES string of the molecule is CCc1cc(C(=O)N[C@H](C)C(=O)O)cc(Cl)n1. The Bertz CT molecular complexity index is 448.